The predicted octanol–water partition coefficient (Wildman–Crippen LogP) is 12.3. The summed E-state index contributed by atoms with van der Waals surface area (Å²) in [5.74, 6) is 1.77. The Labute approximate surface area is 471 Å². The van der Waals surface area contributed by atoms with E-state index in [1.165, 1.54) is 66.5 Å². The minimum Gasteiger partial charge on any atom is -0.458 e. The highest BCUT2D eigenvalue weighted by Gasteiger charge is 2.52. The van der Waals surface area contributed by atoms with E-state index < -0.39 is 0 Å². The number of hydrogen-bond acceptors (Lipinski definition) is 6. The first-order valence-corrected chi connectivity index (χ1v) is 28.1. The number of hydrogen-bond donors (Lipinski definition) is 0. The summed E-state index contributed by atoms with van der Waals surface area (Å²) in [6.07, 6.45) is 0. The molecule has 0 radical (unpaired) electrons. The molecule has 374 valence electrons. The molecule has 0 aromatic heterocycles. The zero-order chi connectivity index (χ0) is 52.9. The molecule has 12 aromatic rings. The molecule has 0 fully saturated rings. The Morgan fingerprint density at radius 2 is 0.617 bits per heavy atom. The Kier molecular flexibility index (Phi) is 9.40. The molecule has 0 N–H and O–H groups in total. The fraction of sp³-hybridized carbons (Fsp3) is 0. The molecular formula is C72H46B3N5O. The van der Waals surface area contributed by atoms with Crippen molar-refractivity contribution in [3.8, 4) is 11.5 Å². The molecule has 0 atom stereocenters. The van der Waals surface area contributed by atoms with Crippen LogP contribution >= 0.6 is 0 Å². The predicted molar refractivity (Wildman–Crippen MR) is 340 cm³/mol. The van der Waals surface area contributed by atoms with Gasteiger partial charge in [-0.1, -0.05) is 164 Å². The van der Waals surface area contributed by atoms with E-state index in [0.717, 1.165) is 79.5 Å². The van der Waals surface area contributed by atoms with Gasteiger partial charge in [0.2, 0.25) is 0 Å². The molecule has 81 heavy (non-hydrogen) atoms. The SMILES string of the molecule is c1ccc(N(c2ccccc2)c2cc3c4c(c2)N(c2ccccc2)c2cc5c(cc2B4c2ccccc2N3c2ccccc2)Oc2cc3c4c6c2B5c2ccccc2N6c2ccccc2B4c2ccccc2N3c2ccccc2)cc1. The van der Waals surface area contributed by atoms with E-state index in [4.69, 9.17) is 4.74 Å². The lowest BCUT2D eigenvalue weighted by Crippen LogP contribution is -2.68. The van der Waals surface area contributed by atoms with Gasteiger partial charge in [-0.05, 0) is 158 Å². The summed E-state index contributed by atoms with van der Waals surface area (Å²) in [4.78, 5) is 12.5. The van der Waals surface area contributed by atoms with Gasteiger partial charge in [0.1, 0.15) is 11.5 Å². The fourth-order valence-electron chi connectivity index (χ4n) is 14.7. The van der Waals surface area contributed by atoms with E-state index >= 15 is 0 Å². The molecule has 18 rings (SSSR count). The summed E-state index contributed by atoms with van der Waals surface area (Å²) in [5.41, 5.74) is 28.3. The van der Waals surface area contributed by atoms with Crippen molar-refractivity contribution in [1.29, 1.82) is 0 Å². The second kappa shape index (κ2) is 17.1. The van der Waals surface area contributed by atoms with Gasteiger partial charge in [0.25, 0.3) is 20.1 Å². The largest absolute Gasteiger partial charge is 0.458 e. The van der Waals surface area contributed by atoms with Crippen LogP contribution in [0, 0.1) is 0 Å². The number of nitrogens with zero attached hydrogens (tertiary/aromatic N) is 5. The van der Waals surface area contributed by atoms with Crippen LogP contribution in [-0.4, -0.2) is 20.1 Å². The third-order valence-corrected chi connectivity index (χ3v) is 17.8. The summed E-state index contributed by atoms with van der Waals surface area (Å²) >= 11 is 0. The van der Waals surface area contributed by atoms with Gasteiger partial charge in [0.05, 0.1) is 5.69 Å². The molecule has 0 spiro atoms. The molecule has 12 aromatic carbocycles. The van der Waals surface area contributed by atoms with Crippen LogP contribution in [-0.2, 0) is 0 Å². The van der Waals surface area contributed by atoms with Crippen LogP contribution in [0.3, 0.4) is 0 Å². The van der Waals surface area contributed by atoms with E-state index in [0.29, 0.717) is 0 Å². The van der Waals surface area contributed by atoms with Crippen LogP contribution in [0.5, 0.6) is 11.5 Å². The van der Waals surface area contributed by atoms with Gasteiger partial charge in [-0.15, -0.1) is 0 Å². The van der Waals surface area contributed by atoms with Crippen molar-refractivity contribution in [2.75, 3.05) is 24.5 Å². The van der Waals surface area contributed by atoms with Crippen LogP contribution < -0.4 is 78.4 Å². The van der Waals surface area contributed by atoms with Gasteiger partial charge in [-0.3, -0.25) is 0 Å². The van der Waals surface area contributed by atoms with Gasteiger partial charge in [-0.25, -0.2) is 0 Å². The van der Waals surface area contributed by atoms with Gasteiger partial charge < -0.3 is 29.2 Å². The first-order chi connectivity index (χ1) is 40.2. The Bertz CT molecular complexity index is 4520. The van der Waals surface area contributed by atoms with Gasteiger partial charge >= 0.3 is 0 Å². The van der Waals surface area contributed by atoms with Gasteiger partial charge in [0.15, 0.2) is 0 Å². The molecule has 0 unspecified atom stereocenters. The molecule has 6 aliphatic heterocycles. The molecule has 0 bridgehead atoms. The topological polar surface area (TPSA) is 25.4 Å². The average Bonchev–Trinajstić information content (AvgIpc) is 1.65. The first-order valence-electron chi connectivity index (χ1n) is 28.1. The van der Waals surface area contributed by atoms with Crippen molar-refractivity contribution in [2.45, 2.75) is 0 Å². The van der Waals surface area contributed by atoms with Crippen molar-refractivity contribution in [3.05, 3.63) is 279 Å². The maximum atomic E-state index is 7.75. The zero-order valence-corrected chi connectivity index (χ0v) is 43.9. The number of anilines is 15. The molecule has 0 saturated heterocycles. The van der Waals surface area contributed by atoms with E-state index in [1.54, 1.807) is 0 Å². The minimum atomic E-state index is -0.145. The molecular weight excluding hydrogens is 983 g/mol. The molecule has 6 heterocycles. The van der Waals surface area contributed by atoms with Crippen molar-refractivity contribution < 1.29 is 4.74 Å². The standard InChI is InChI=1S/C72H46B3N5O/c1-6-24-47(25-7-1)76(48-26-8-2-9-27-48)52-42-64-69-65(43-52)79(51-32-14-5-15-33-51)63-44-58-67(45-57(63)74(69)54-35-17-21-39-60(54)77(64)49-28-10-3-11-29-49)81-68-46-66-70-72-71(68)75(58)56-37-19-23-41-62(56)80(72)61-40-22-18-36-55(61)73(70)53-34-16-20-38-59(53)78(66)50-30-12-4-13-31-50/h1-46H. The summed E-state index contributed by atoms with van der Waals surface area (Å²) in [5, 5.41) is 0. The van der Waals surface area contributed by atoms with E-state index in [9.17, 15) is 0 Å². The van der Waals surface area contributed by atoms with Crippen LogP contribution in [0.2, 0.25) is 0 Å². The van der Waals surface area contributed by atoms with Crippen LogP contribution in [0.25, 0.3) is 0 Å². The van der Waals surface area contributed by atoms with E-state index in [2.05, 4.69) is 304 Å². The highest BCUT2D eigenvalue weighted by atomic mass is 16.5. The number of benzene rings is 12. The molecule has 0 aliphatic carbocycles. The summed E-state index contributed by atoms with van der Waals surface area (Å²) in [7, 11) is 0. The quantitative estimate of drug-likeness (QED) is 0.154. The third kappa shape index (κ3) is 6.26. The van der Waals surface area contributed by atoms with Crippen molar-refractivity contribution in [2.24, 2.45) is 0 Å². The minimum absolute atomic E-state index is 0.00128. The highest BCUT2D eigenvalue weighted by molar-refractivity contribution is 7.05. The smallest absolute Gasteiger partial charge is 0.256 e. The van der Waals surface area contributed by atoms with Crippen LogP contribution in [0.4, 0.5) is 85.3 Å². The Morgan fingerprint density at radius 1 is 0.247 bits per heavy atom. The van der Waals surface area contributed by atoms with E-state index in [-0.39, 0.29) is 20.1 Å². The zero-order valence-electron chi connectivity index (χ0n) is 43.9. The lowest BCUT2D eigenvalue weighted by atomic mass is 9.28. The van der Waals surface area contributed by atoms with Crippen molar-refractivity contribution in [1.82, 2.24) is 0 Å². The summed E-state index contributed by atoms with van der Waals surface area (Å²) < 4.78 is 7.75. The van der Waals surface area contributed by atoms with Gasteiger partial charge in [0, 0.05) is 85.7 Å². The van der Waals surface area contributed by atoms with Crippen LogP contribution in [0.1, 0.15) is 0 Å². The average molecular weight is 1030 g/mol. The van der Waals surface area contributed by atoms with Crippen molar-refractivity contribution >= 4 is 155 Å². The summed E-state index contributed by atoms with van der Waals surface area (Å²) in [6, 6.07) is 103. The van der Waals surface area contributed by atoms with Crippen LogP contribution in [0.15, 0.2) is 279 Å². The second-order valence-corrected chi connectivity index (χ2v) is 21.9. The molecule has 6 nitrogen and oxygen atoms in total. The Morgan fingerprint density at radius 3 is 1.09 bits per heavy atom. The highest BCUT2D eigenvalue weighted by Crippen LogP contribution is 2.51. The number of rotatable bonds is 6. The lowest BCUT2D eigenvalue weighted by Gasteiger charge is -2.49. The first kappa shape index (κ1) is 44.6. The summed E-state index contributed by atoms with van der Waals surface area (Å²) in [6.45, 7) is -0.287. The monoisotopic (exact) mass is 1030 g/mol. The fourth-order valence-corrected chi connectivity index (χ4v) is 14.7. The molecule has 9 heteroatoms. The third-order valence-electron chi connectivity index (χ3n) is 17.8. The second-order valence-electron chi connectivity index (χ2n) is 21.9. The molecule has 0 amide bonds. The maximum Gasteiger partial charge on any atom is 0.256 e. The van der Waals surface area contributed by atoms with Crippen molar-refractivity contribution in [3.63, 3.8) is 0 Å². The molecule has 6 aliphatic rings. The Hall–Kier alpha value is -10.4. The lowest BCUT2D eigenvalue weighted by molar-refractivity contribution is 0.488. The maximum absolute atomic E-state index is 7.75. The normalized spacial score (nSPS) is 13.9. The van der Waals surface area contributed by atoms with Gasteiger partial charge in [-0.2, -0.15) is 0 Å². The van der Waals surface area contributed by atoms with E-state index in [1.807, 2.05) is 0 Å². The number of para-hydroxylation sites is 9. The number of fused-ring (bicyclic) bond motifs is 14. The molecule has 0 saturated carbocycles. The Balaban J connectivity index is 0.933. The number of ether oxygens (including phenoxy) is 1.